The molecule has 10 heteroatoms. The summed E-state index contributed by atoms with van der Waals surface area (Å²) in [5.74, 6) is -0.00332. The van der Waals surface area contributed by atoms with Gasteiger partial charge >= 0.3 is 12.1 Å². The molecule has 0 aromatic heterocycles. The molecule has 1 aromatic rings. The Morgan fingerprint density at radius 1 is 1.19 bits per heavy atom. The van der Waals surface area contributed by atoms with Crippen LogP contribution >= 0.6 is 0 Å². The van der Waals surface area contributed by atoms with Crippen molar-refractivity contribution in [3.8, 4) is 5.75 Å². The zero-order chi connectivity index (χ0) is 27.1. The molecule has 37 heavy (non-hydrogen) atoms. The summed E-state index contributed by atoms with van der Waals surface area (Å²) in [6.45, 7) is 8.01. The number of aliphatic hydroxyl groups excluding tert-OH is 1. The van der Waals surface area contributed by atoms with E-state index in [-0.39, 0.29) is 48.7 Å². The molecule has 1 aliphatic carbocycles. The van der Waals surface area contributed by atoms with Crippen LogP contribution in [0.25, 0.3) is 0 Å². The summed E-state index contributed by atoms with van der Waals surface area (Å²) in [7, 11) is 1.76. The topological polar surface area (TPSA) is 123 Å². The molecule has 4 N–H and O–H groups in total. The molecule has 3 atom stereocenters. The number of amides is 5. The third kappa shape index (κ3) is 7.74. The van der Waals surface area contributed by atoms with Gasteiger partial charge in [-0.2, -0.15) is 0 Å². The van der Waals surface area contributed by atoms with E-state index in [0.29, 0.717) is 30.1 Å². The summed E-state index contributed by atoms with van der Waals surface area (Å²) < 4.78 is 6.36. The van der Waals surface area contributed by atoms with Gasteiger partial charge in [0.15, 0.2) is 0 Å². The van der Waals surface area contributed by atoms with Gasteiger partial charge in [0, 0.05) is 37.3 Å². The Morgan fingerprint density at radius 3 is 2.54 bits per heavy atom. The number of rotatable bonds is 7. The molecule has 0 saturated heterocycles. The van der Waals surface area contributed by atoms with Crippen LogP contribution < -0.4 is 20.7 Å². The fourth-order valence-corrected chi connectivity index (χ4v) is 4.83. The van der Waals surface area contributed by atoms with Gasteiger partial charge in [0.1, 0.15) is 11.9 Å². The average molecular weight is 518 g/mol. The Kier molecular flexibility index (Phi) is 10.0. The first-order valence-electron chi connectivity index (χ1n) is 13.4. The van der Waals surface area contributed by atoms with Crippen LogP contribution in [0.15, 0.2) is 18.2 Å². The largest absolute Gasteiger partial charge is 0.487 e. The van der Waals surface area contributed by atoms with Crippen molar-refractivity contribution >= 4 is 23.7 Å². The molecule has 0 bridgehead atoms. The highest BCUT2D eigenvalue weighted by Gasteiger charge is 2.34. The van der Waals surface area contributed by atoms with Crippen molar-refractivity contribution in [1.82, 2.24) is 20.4 Å². The molecule has 2 aliphatic rings. The minimum absolute atomic E-state index is 0.0373. The minimum atomic E-state index is -0.408. The second kappa shape index (κ2) is 13.0. The quantitative estimate of drug-likeness (QED) is 0.441. The number of aliphatic hydroxyl groups is 1. The summed E-state index contributed by atoms with van der Waals surface area (Å²) in [5.41, 5.74) is 0.758. The molecule has 10 nitrogen and oxygen atoms in total. The molecule has 1 aliphatic heterocycles. The van der Waals surface area contributed by atoms with Crippen molar-refractivity contribution in [2.75, 3.05) is 32.1 Å². The predicted octanol–water partition coefficient (Wildman–Crippen LogP) is 3.41. The zero-order valence-electron chi connectivity index (χ0n) is 22.8. The van der Waals surface area contributed by atoms with Crippen molar-refractivity contribution in [3.05, 3.63) is 23.8 Å². The molecular weight excluding hydrogens is 474 g/mol. The molecule has 1 heterocycles. The number of nitrogens with one attached hydrogen (secondary N) is 3. The number of anilines is 1. The number of hydrogen-bond acceptors (Lipinski definition) is 5. The van der Waals surface area contributed by atoms with E-state index in [0.717, 1.165) is 25.7 Å². The summed E-state index contributed by atoms with van der Waals surface area (Å²) in [6.07, 6.45) is 5.12. The van der Waals surface area contributed by atoms with Gasteiger partial charge in [0.05, 0.1) is 24.8 Å². The third-order valence-electron chi connectivity index (χ3n) is 7.08. The van der Waals surface area contributed by atoms with Gasteiger partial charge in [-0.15, -0.1) is 0 Å². The fraction of sp³-hybridized carbons (Fsp3) is 0.667. The van der Waals surface area contributed by atoms with Crippen molar-refractivity contribution in [3.63, 3.8) is 0 Å². The van der Waals surface area contributed by atoms with Crippen LogP contribution in [0.2, 0.25) is 0 Å². The van der Waals surface area contributed by atoms with Crippen LogP contribution in [0.4, 0.5) is 15.3 Å². The Hall–Kier alpha value is -3.01. The van der Waals surface area contributed by atoms with Gasteiger partial charge in [0.25, 0.3) is 5.91 Å². The number of nitrogens with zero attached hydrogens (tertiary/aromatic N) is 2. The maximum absolute atomic E-state index is 13.5. The molecule has 0 spiro atoms. The average Bonchev–Trinajstić information content (AvgIpc) is 2.86. The first-order valence-corrected chi connectivity index (χ1v) is 13.4. The summed E-state index contributed by atoms with van der Waals surface area (Å²) in [5, 5.41) is 18.5. The van der Waals surface area contributed by atoms with Crippen LogP contribution in [0.1, 0.15) is 70.2 Å². The van der Waals surface area contributed by atoms with Gasteiger partial charge in [-0.05, 0) is 51.8 Å². The maximum atomic E-state index is 13.5. The summed E-state index contributed by atoms with van der Waals surface area (Å²) in [4.78, 5) is 41.9. The number of carbonyl (C=O) groups is 3. The first-order chi connectivity index (χ1) is 17.6. The van der Waals surface area contributed by atoms with Crippen molar-refractivity contribution < 1.29 is 24.2 Å². The molecule has 1 fully saturated rings. The molecule has 0 unspecified atom stereocenters. The summed E-state index contributed by atoms with van der Waals surface area (Å²) >= 11 is 0. The maximum Gasteiger partial charge on any atom is 0.319 e. The van der Waals surface area contributed by atoms with E-state index in [1.165, 1.54) is 6.42 Å². The van der Waals surface area contributed by atoms with Crippen molar-refractivity contribution in [2.45, 2.75) is 84.0 Å². The Bertz CT molecular complexity index is 949. The SMILES string of the molecule is CC(C)NC(=O)Nc1ccc2c(c1)C(=O)N([C@H](C)CO)C[C@H](C)[C@H](CN(C)C(=O)NC1CCCCC1)O2. The lowest BCUT2D eigenvalue weighted by molar-refractivity contribution is 0.0366. The Morgan fingerprint density at radius 2 is 1.89 bits per heavy atom. The lowest BCUT2D eigenvalue weighted by Gasteiger charge is -2.38. The fourth-order valence-electron chi connectivity index (χ4n) is 4.83. The molecule has 3 rings (SSSR count). The number of benzene rings is 1. The number of carbonyl (C=O) groups excluding carboxylic acids is 3. The van der Waals surface area contributed by atoms with E-state index in [1.54, 1.807) is 42.0 Å². The smallest absolute Gasteiger partial charge is 0.319 e. The highest BCUT2D eigenvalue weighted by Crippen LogP contribution is 2.30. The van der Waals surface area contributed by atoms with Crippen molar-refractivity contribution in [1.29, 1.82) is 0 Å². The second-order valence-corrected chi connectivity index (χ2v) is 10.8. The Balaban J connectivity index is 1.82. The van der Waals surface area contributed by atoms with Crippen molar-refractivity contribution in [2.24, 2.45) is 5.92 Å². The molecule has 1 aromatic carbocycles. The van der Waals surface area contributed by atoms with Gasteiger partial charge in [-0.25, -0.2) is 9.59 Å². The lowest BCUT2D eigenvalue weighted by atomic mass is 9.96. The number of likely N-dealkylation sites (N-methyl/N-ethyl adjacent to an activating group) is 1. The molecule has 0 radical (unpaired) electrons. The van der Waals surface area contributed by atoms with E-state index in [2.05, 4.69) is 16.0 Å². The zero-order valence-corrected chi connectivity index (χ0v) is 22.8. The first kappa shape index (κ1) is 28.6. The van der Waals surface area contributed by atoms with E-state index in [1.807, 2.05) is 20.8 Å². The summed E-state index contributed by atoms with van der Waals surface area (Å²) in [6, 6.07) is 4.23. The number of ether oxygens (including phenoxy) is 1. The van der Waals surface area contributed by atoms with Crippen LogP contribution in [0.3, 0.4) is 0 Å². The monoisotopic (exact) mass is 517 g/mol. The number of fused-ring (bicyclic) bond motifs is 1. The van der Waals surface area contributed by atoms with E-state index in [4.69, 9.17) is 4.74 Å². The highest BCUT2D eigenvalue weighted by atomic mass is 16.5. The molecular formula is C27H43N5O5. The highest BCUT2D eigenvalue weighted by molar-refractivity contribution is 5.99. The van der Waals surface area contributed by atoms with E-state index in [9.17, 15) is 19.5 Å². The second-order valence-electron chi connectivity index (χ2n) is 10.8. The van der Waals surface area contributed by atoms with Gasteiger partial charge < -0.3 is 35.6 Å². The van der Waals surface area contributed by atoms with Gasteiger partial charge in [-0.3, -0.25) is 4.79 Å². The minimum Gasteiger partial charge on any atom is -0.487 e. The van der Waals surface area contributed by atoms with Gasteiger partial charge in [-0.1, -0.05) is 26.2 Å². The van der Waals surface area contributed by atoms with Gasteiger partial charge in [0.2, 0.25) is 0 Å². The standard InChI is InChI=1S/C27H43N5O5/c1-17(2)28-26(35)29-21-11-12-23-22(13-21)25(34)32(19(4)16-33)14-18(3)24(37-23)15-31(5)27(36)30-20-9-7-6-8-10-20/h11-13,17-20,24,33H,6-10,14-16H2,1-5H3,(H,30,36)(H2,28,29,35)/t18-,19+,24-/m0/s1. The van der Waals surface area contributed by atoms with Crippen LogP contribution in [-0.4, -0.2) is 83.8 Å². The van der Waals surface area contributed by atoms with Crippen LogP contribution in [-0.2, 0) is 0 Å². The lowest BCUT2D eigenvalue weighted by Crippen LogP contribution is -2.52. The van der Waals surface area contributed by atoms with Crippen LogP contribution in [0.5, 0.6) is 5.75 Å². The normalized spacial score (nSPS) is 21.3. The number of hydrogen-bond donors (Lipinski definition) is 4. The number of urea groups is 2. The molecule has 5 amide bonds. The van der Waals surface area contributed by atoms with Crippen LogP contribution in [0, 0.1) is 5.92 Å². The Labute approximate surface area is 220 Å². The third-order valence-corrected chi connectivity index (χ3v) is 7.08. The van der Waals surface area contributed by atoms with E-state index < -0.39 is 6.04 Å². The molecule has 1 saturated carbocycles. The molecule has 206 valence electrons. The van der Waals surface area contributed by atoms with E-state index >= 15 is 0 Å². The predicted molar refractivity (Wildman–Crippen MR) is 143 cm³/mol.